The molecule has 0 unspecified atom stereocenters. The fraction of sp³-hybridized carbons (Fsp3) is 0.611. The smallest absolute Gasteiger partial charge is 0.221 e. The molecule has 2 rings (SSSR count). The molecule has 0 saturated carbocycles. The lowest BCUT2D eigenvalue weighted by molar-refractivity contribution is -0.120. The summed E-state index contributed by atoms with van der Waals surface area (Å²) in [5.74, 6) is 0.881. The number of nitrogens with zero attached hydrogens (tertiary/aromatic N) is 2. The van der Waals surface area contributed by atoms with Crippen molar-refractivity contribution in [2.24, 2.45) is 0 Å². The Morgan fingerprint density at radius 2 is 1.78 bits per heavy atom. The second-order valence-corrected chi connectivity index (χ2v) is 8.65. The van der Waals surface area contributed by atoms with Crippen molar-refractivity contribution < 1.29 is 22.7 Å². The molecule has 1 fully saturated rings. The van der Waals surface area contributed by atoms with Crippen molar-refractivity contribution in [3.05, 3.63) is 23.8 Å². The van der Waals surface area contributed by atoms with Gasteiger partial charge in [-0.25, -0.2) is 8.42 Å². The first-order chi connectivity index (χ1) is 12.9. The molecule has 0 atom stereocenters. The molecule has 1 aromatic rings. The van der Waals surface area contributed by atoms with Crippen molar-refractivity contribution in [1.82, 2.24) is 14.5 Å². The zero-order valence-corrected chi connectivity index (χ0v) is 17.0. The Bertz CT molecular complexity index is 731. The van der Waals surface area contributed by atoms with Gasteiger partial charge >= 0.3 is 0 Å². The highest BCUT2D eigenvalue weighted by molar-refractivity contribution is 7.89. The average molecular weight is 400 g/mol. The number of methoxy groups -OCH3 is 2. The van der Waals surface area contributed by atoms with Gasteiger partial charge in [-0.2, -0.15) is 4.31 Å². The second kappa shape index (κ2) is 9.91. The normalized spacial score (nSPS) is 16.1. The third-order valence-electron chi connectivity index (χ3n) is 4.63. The van der Waals surface area contributed by atoms with Crippen molar-refractivity contribution in [2.45, 2.75) is 12.8 Å². The number of nitrogens with one attached hydrogen (secondary N) is 1. The van der Waals surface area contributed by atoms with Crippen molar-refractivity contribution in [3.8, 4) is 11.5 Å². The van der Waals surface area contributed by atoms with Crippen LogP contribution >= 0.6 is 0 Å². The summed E-state index contributed by atoms with van der Waals surface area (Å²) < 4.78 is 36.6. The number of piperazine rings is 1. The number of amides is 1. The predicted molar refractivity (Wildman–Crippen MR) is 104 cm³/mol. The van der Waals surface area contributed by atoms with Gasteiger partial charge in [0.2, 0.25) is 15.9 Å². The molecule has 1 saturated heterocycles. The van der Waals surface area contributed by atoms with Crippen LogP contribution in [0.25, 0.3) is 0 Å². The maximum absolute atomic E-state index is 12.3. The minimum absolute atomic E-state index is 0.0272. The van der Waals surface area contributed by atoms with Gasteiger partial charge in [0, 0.05) is 39.1 Å². The van der Waals surface area contributed by atoms with E-state index in [4.69, 9.17) is 9.47 Å². The Morgan fingerprint density at radius 3 is 2.41 bits per heavy atom. The van der Waals surface area contributed by atoms with Gasteiger partial charge in [0.1, 0.15) is 0 Å². The van der Waals surface area contributed by atoms with Crippen molar-refractivity contribution in [3.63, 3.8) is 0 Å². The number of carbonyl (C=O) groups is 1. The summed E-state index contributed by atoms with van der Waals surface area (Å²) in [6.07, 6.45) is 0.595. The van der Waals surface area contributed by atoms with E-state index in [1.165, 1.54) is 4.31 Å². The summed E-state index contributed by atoms with van der Waals surface area (Å²) in [5.41, 5.74) is 0.998. The number of sulfonamides is 1. The summed E-state index contributed by atoms with van der Waals surface area (Å²) in [7, 11) is 1.74. The Kier molecular flexibility index (Phi) is 7.88. The Hall–Kier alpha value is -1.84. The predicted octanol–water partition coefficient (Wildman–Crippen LogP) is 0.330. The van der Waals surface area contributed by atoms with E-state index in [1.54, 1.807) is 14.2 Å². The lowest BCUT2D eigenvalue weighted by Gasteiger charge is -2.31. The number of likely N-dealkylation sites (N-methyl/N-ethyl adjacent to an activating group) is 1. The van der Waals surface area contributed by atoms with Crippen LogP contribution in [0.5, 0.6) is 11.5 Å². The van der Waals surface area contributed by atoms with Crippen LogP contribution in [-0.2, 0) is 21.2 Å². The number of benzene rings is 1. The van der Waals surface area contributed by atoms with Gasteiger partial charge in [0.25, 0.3) is 0 Å². The molecule has 1 aromatic carbocycles. The molecule has 1 aliphatic rings. The highest BCUT2D eigenvalue weighted by Gasteiger charge is 2.26. The van der Waals surface area contributed by atoms with Crippen LogP contribution < -0.4 is 14.8 Å². The SMILES string of the molecule is COc1ccc(CCNC(=O)CCS(=O)(=O)N2CCN(C)CC2)cc1OC. The summed E-state index contributed by atoms with van der Waals surface area (Å²) >= 11 is 0. The topological polar surface area (TPSA) is 88.2 Å². The average Bonchev–Trinajstić information content (AvgIpc) is 2.66. The van der Waals surface area contributed by atoms with Gasteiger partial charge in [-0.1, -0.05) is 6.07 Å². The molecule has 0 aromatic heterocycles. The van der Waals surface area contributed by atoms with Crippen molar-refractivity contribution in [1.29, 1.82) is 0 Å². The molecular formula is C18H29N3O5S. The quantitative estimate of drug-likeness (QED) is 0.644. The molecule has 0 spiro atoms. The van der Waals surface area contributed by atoms with E-state index in [0.717, 1.165) is 18.7 Å². The molecule has 1 N–H and O–H groups in total. The highest BCUT2D eigenvalue weighted by atomic mass is 32.2. The second-order valence-electron chi connectivity index (χ2n) is 6.56. The van der Waals surface area contributed by atoms with Gasteiger partial charge in [-0.05, 0) is 31.2 Å². The molecular weight excluding hydrogens is 370 g/mol. The van der Waals surface area contributed by atoms with Gasteiger partial charge < -0.3 is 19.7 Å². The molecule has 1 heterocycles. The maximum Gasteiger partial charge on any atom is 0.221 e. The molecule has 9 heteroatoms. The summed E-state index contributed by atoms with van der Waals surface area (Å²) in [5, 5.41) is 2.78. The number of carbonyl (C=O) groups excluding carboxylic acids is 1. The van der Waals surface area contributed by atoms with Gasteiger partial charge in [0.15, 0.2) is 11.5 Å². The number of rotatable bonds is 9. The molecule has 0 aliphatic carbocycles. The summed E-state index contributed by atoms with van der Waals surface area (Å²) in [4.78, 5) is 14.1. The van der Waals surface area contributed by atoms with Crippen LogP contribution in [0.1, 0.15) is 12.0 Å². The zero-order valence-electron chi connectivity index (χ0n) is 16.2. The molecule has 8 nitrogen and oxygen atoms in total. The standard InChI is InChI=1S/C18H29N3O5S/c1-20-9-11-21(12-10-20)27(23,24)13-7-18(22)19-8-6-15-4-5-16(25-2)17(14-15)26-3/h4-5,14H,6-13H2,1-3H3,(H,19,22). The maximum atomic E-state index is 12.3. The van der Waals surface area contributed by atoms with E-state index in [0.29, 0.717) is 37.6 Å². The Labute approximate surface area is 161 Å². The fourth-order valence-corrected chi connectivity index (χ4v) is 4.31. The molecule has 27 heavy (non-hydrogen) atoms. The number of ether oxygens (including phenoxy) is 2. The third kappa shape index (κ3) is 6.37. The van der Waals surface area contributed by atoms with Crippen LogP contribution in [0.3, 0.4) is 0 Å². The molecule has 1 aliphatic heterocycles. The number of hydrogen-bond donors (Lipinski definition) is 1. The van der Waals surface area contributed by atoms with Crippen LogP contribution in [0.2, 0.25) is 0 Å². The van der Waals surface area contributed by atoms with Gasteiger partial charge in [-0.3, -0.25) is 4.79 Å². The summed E-state index contributed by atoms with van der Waals surface area (Å²) in [6, 6.07) is 5.59. The summed E-state index contributed by atoms with van der Waals surface area (Å²) in [6.45, 7) is 2.84. The van der Waals surface area contributed by atoms with Crippen LogP contribution in [0.15, 0.2) is 18.2 Å². The van der Waals surface area contributed by atoms with Gasteiger partial charge in [0.05, 0.1) is 20.0 Å². The molecule has 0 bridgehead atoms. The molecule has 1 amide bonds. The Morgan fingerprint density at radius 1 is 1.11 bits per heavy atom. The van der Waals surface area contributed by atoms with Crippen molar-refractivity contribution in [2.75, 3.05) is 59.7 Å². The molecule has 152 valence electrons. The first-order valence-corrected chi connectivity index (χ1v) is 10.6. The van der Waals surface area contributed by atoms with Gasteiger partial charge in [-0.15, -0.1) is 0 Å². The first-order valence-electron chi connectivity index (χ1n) is 8.99. The first kappa shape index (κ1) is 21.5. The minimum atomic E-state index is -3.38. The minimum Gasteiger partial charge on any atom is -0.493 e. The Balaban J connectivity index is 1.75. The number of hydrogen-bond acceptors (Lipinski definition) is 6. The lowest BCUT2D eigenvalue weighted by Crippen LogP contribution is -2.48. The van der Waals surface area contributed by atoms with E-state index < -0.39 is 10.0 Å². The lowest BCUT2D eigenvalue weighted by atomic mass is 10.1. The van der Waals surface area contributed by atoms with Crippen LogP contribution in [0.4, 0.5) is 0 Å². The van der Waals surface area contributed by atoms with E-state index in [2.05, 4.69) is 10.2 Å². The van der Waals surface area contributed by atoms with E-state index in [-0.39, 0.29) is 18.1 Å². The van der Waals surface area contributed by atoms with Crippen LogP contribution in [-0.4, -0.2) is 83.3 Å². The van der Waals surface area contributed by atoms with E-state index >= 15 is 0 Å². The van der Waals surface area contributed by atoms with Crippen molar-refractivity contribution >= 4 is 15.9 Å². The zero-order chi connectivity index (χ0) is 19.9. The largest absolute Gasteiger partial charge is 0.493 e. The van der Waals surface area contributed by atoms with E-state index in [1.807, 2.05) is 25.2 Å². The third-order valence-corrected chi connectivity index (χ3v) is 6.50. The fourth-order valence-electron chi connectivity index (χ4n) is 2.89. The monoisotopic (exact) mass is 399 g/mol. The highest BCUT2D eigenvalue weighted by Crippen LogP contribution is 2.27. The van der Waals surface area contributed by atoms with E-state index in [9.17, 15) is 13.2 Å². The molecule has 0 radical (unpaired) electrons. The van der Waals surface area contributed by atoms with Crippen LogP contribution in [0, 0.1) is 0 Å².